The van der Waals surface area contributed by atoms with Crippen molar-refractivity contribution in [2.24, 2.45) is 5.41 Å². The minimum absolute atomic E-state index is 0.181. The number of ether oxygens (including phenoxy) is 3. The molecule has 0 amide bonds. The van der Waals surface area contributed by atoms with Crippen LogP contribution >= 0.6 is 0 Å². The fraction of sp³-hybridized carbons (Fsp3) is 0.900. The summed E-state index contributed by atoms with van der Waals surface area (Å²) in [5, 5.41) is 0. The quantitative estimate of drug-likeness (QED) is 0.648. The molecule has 82 valence electrons. The topological polar surface area (TPSA) is 44.8 Å². The number of hydrogen-bond acceptors (Lipinski definition) is 4. The van der Waals surface area contributed by atoms with E-state index in [0.29, 0.717) is 20.0 Å². The first kappa shape index (κ1) is 11.5. The van der Waals surface area contributed by atoms with E-state index < -0.39 is 5.41 Å². The van der Waals surface area contributed by atoms with Gasteiger partial charge in [0, 0.05) is 0 Å². The fourth-order valence-corrected chi connectivity index (χ4v) is 0.989. The van der Waals surface area contributed by atoms with E-state index in [9.17, 15) is 4.79 Å². The van der Waals surface area contributed by atoms with Crippen LogP contribution in [0.5, 0.6) is 0 Å². The number of hydrogen-bond donors (Lipinski definition) is 0. The van der Waals surface area contributed by atoms with E-state index in [-0.39, 0.29) is 12.1 Å². The molecule has 0 N–H and O–H groups in total. The molecule has 0 aliphatic carbocycles. The molecule has 0 spiro atoms. The number of rotatable bonds is 3. The summed E-state index contributed by atoms with van der Waals surface area (Å²) in [6, 6.07) is 0. The van der Waals surface area contributed by atoms with Crippen molar-refractivity contribution in [2.75, 3.05) is 20.0 Å². The van der Waals surface area contributed by atoms with Gasteiger partial charge in [-0.3, -0.25) is 4.79 Å². The second kappa shape index (κ2) is 4.75. The average molecular weight is 202 g/mol. The minimum Gasteiger partial charge on any atom is -0.457 e. The molecule has 1 aliphatic heterocycles. The largest absolute Gasteiger partial charge is 0.457 e. The molecular formula is C10H18O4. The Bertz CT molecular complexity index is 194. The molecule has 0 saturated carbocycles. The van der Waals surface area contributed by atoms with Gasteiger partial charge in [-0.2, -0.15) is 0 Å². The van der Waals surface area contributed by atoms with Crippen LogP contribution in [-0.4, -0.2) is 32.1 Å². The zero-order chi connectivity index (χ0) is 10.6. The molecule has 1 saturated heterocycles. The summed E-state index contributed by atoms with van der Waals surface area (Å²) < 4.78 is 15.3. The highest BCUT2D eigenvalue weighted by molar-refractivity contribution is 5.76. The molecule has 0 aromatic heterocycles. The summed E-state index contributed by atoms with van der Waals surface area (Å²) in [6.07, 6.45) is 0.516. The molecule has 0 aromatic carbocycles. The van der Waals surface area contributed by atoms with Crippen LogP contribution in [0.25, 0.3) is 0 Å². The van der Waals surface area contributed by atoms with Crippen LogP contribution in [0.1, 0.15) is 27.2 Å². The van der Waals surface area contributed by atoms with Gasteiger partial charge in [0.1, 0.15) is 12.9 Å². The highest BCUT2D eigenvalue weighted by atomic mass is 16.7. The van der Waals surface area contributed by atoms with Gasteiger partial charge >= 0.3 is 5.97 Å². The average Bonchev–Trinajstić information content (AvgIpc) is 2.19. The predicted molar refractivity (Wildman–Crippen MR) is 50.7 cm³/mol. The maximum atomic E-state index is 11.6. The monoisotopic (exact) mass is 202 g/mol. The third-order valence-corrected chi connectivity index (χ3v) is 2.48. The Morgan fingerprint density at radius 1 is 1.43 bits per heavy atom. The van der Waals surface area contributed by atoms with Crippen LogP contribution in [0.15, 0.2) is 0 Å². The van der Waals surface area contributed by atoms with Gasteiger partial charge in [-0.1, -0.05) is 6.92 Å². The van der Waals surface area contributed by atoms with Crippen LogP contribution in [0.3, 0.4) is 0 Å². The lowest BCUT2D eigenvalue weighted by Gasteiger charge is -2.27. The van der Waals surface area contributed by atoms with Crippen LogP contribution in [-0.2, 0) is 19.0 Å². The second-order valence-corrected chi connectivity index (χ2v) is 4.12. The van der Waals surface area contributed by atoms with Gasteiger partial charge in [0.05, 0.1) is 18.6 Å². The molecule has 0 atom stereocenters. The van der Waals surface area contributed by atoms with Crippen molar-refractivity contribution >= 4 is 5.97 Å². The molecule has 1 fully saturated rings. The van der Waals surface area contributed by atoms with E-state index >= 15 is 0 Å². The Balaban J connectivity index is 2.39. The number of carbonyl (C=O) groups is 1. The van der Waals surface area contributed by atoms with E-state index in [1.165, 1.54) is 0 Å². The van der Waals surface area contributed by atoms with Crippen molar-refractivity contribution in [1.29, 1.82) is 0 Å². The van der Waals surface area contributed by atoms with Gasteiger partial charge in [0.25, 0.3) is 0 Å². The minimum atomic E-state index is -0.419. The molecule has 4 heteroatoms. The summed E-state index contributed by atoms with van der Waals surface area (Å²) >= 11 is 0. The van der Waals surface area contributed by atoms with Crippen molar-refractivity contribution in [2.45, 2.75) is 33.3 Å². The highest BCUT2D eigenvalue weighted by Crippen LogP contribution is 2.22. The van der Waals surface area contributed by atoms with Crippen LogP contribution < -0.4 is 0 Å². The van der Waals surface area contributed by atoms with E-state index in [1.807, 2.05) is 20.8 Å². The molecule has 0 unspecified atom stereocenters. The lowest BCUT2D eigenvalue weighted by atomic mass is 9.90. The lowest BCUT2D eigenvalue weighted by Crippen LogP contribution is -2.37. The molecule has 0 radical (unpaired) electrons. The molecule has 0 aromatic rings. The summed E-state index contributed by atoms with van der Waals surface area (Å²) in [5.41, 5.74) is -0.419. The molecule has 1 heterocycles. The number of carbonyl (C=O) groups excluding carboxylic acids is 1. The van der Waals surface area contributed by atoms with E-state index in [0.717, 1.165) is 6.42 Å². The first-order chi connectivity index (χ1) is 6.56. The van der Waals surface area contributed by atoms with Gasteiger partial charge in [-0.15, -0.1) is 0 Å². The molecular weight excluding hydrogens is 184 g/mol. The van der Waals surface area contributed by atoms with Crippen LogP contribution in [0.2, 0.25) is 0 Å². The van der Waals surface area contributed by atoms with Crippen molar-refractivity contribution in [1.82, 2.24) is 0 Å². The van der Waals surface area contributed by atoms with Crippen LogP contribution in [0.4, 0.5) is 0 Å². The third kappa shape index (κ3) is 2.96. The van der Waals surface area contributed by atoms with Crippen molar-refractivity contribution in [3.63, 3.8) is 0 Å². The third-order valence-electron chi connectivity index (χ3n) is 2.48. The first-order valence-corrected chi connectivity index (χ1v) is 4.93. The Morgan fingerprint density at radius 2 is 2.00 bits per heavy atom. The van der Waals surface area contributed by atoms with Gasteiger partial charge < -0.3 is 14.2 Å². The SMILES string of the molecule is CCC(C)(C)C(=O)OC1COCOC1. The molecule has 1 aliphatic rings. The fourth-order valence-electron chi connectivity index (χ4n) is 0.989. The lowest BCUT2D eigenvalue weighted by molar-refractivity contribution is -0.190. The molecule has 14 heavy (non-hydrogen) atoms. The van der Waals surface area contributed by atoms with Gasteiger partial charge in [0.2, 0.25) is 0 Å². The summed E-state index contributed by atoms with van der Waals surface area (Å²) in [7, 11) is 0. The molecule has 1 rings (SSSR count). The molecule has 4 nitrogen and oxygen atoms in total. The Labute approximate surface area is 84.5 Å². The normalized spacial score (nSPS) is 19.4. The van der Waals surface area contributed by atoms with E-state index in [1.54, 1.807) is 0 Å². The van der Waals surface area contributed by atoms with Crippen molar-refractivity contribution in [3.8, 4) is 0 Å². The smallest absolute Gasteiger partial charge is 0.311 e. The van der Waals surface area contributed by atoms with Gasteiger partial charge in [-0.05, 0) is 20.3 Å². The number of esters is 1. The summed E-state index contributed by atoms with van der Waals surface area (Å²) in [6.45, 7) is 6.89. The van der Waals surface area contributed by atoms with E-state index in [2.05, 4.69) is 0 Å². The van der Waals surface area contributed by atoms with Crippen molar-refractivity contribution < 1.29 is 19.0 Å². The predicted octanol–water partition coefficient (Wildman–Crippen LogP) is 1.34. The van der Waals surface area contributed by atoms with E-state index in [4.69, 9.17) is 14.2 Å². The Hall–Kier alpha value is -0.610. The summed E-state index contributed by atoms with van der Waals surface area (Å²) in [5.74, 6) is -0.181. The van der Waals surface area contributed by atoms with Crippen molar-refractivity contribution in [3.05, 3.63) is 0 Å². The van der Waals surface area contributed by atoms with Gasteiger partial charge in [0.15, 0.2) is 0 Å². The molecule has 0 bridgehead atoms. The standard InChI is InChI=1S/C10H18O4/c1-4-10(2,3)9(11)14-8-5-12-7-13-6-8/h8H,4-7H2,1-3H3. The Morgan fingerprint density at radius 3 is 2.50 bits per heavy atom. The maximum absolute atomic E-state index is 11.6. The Kier molecular flexibility index (Phi) is 3.89. The highest BCUT2D eigenvalue weighted by Gasteiger charge is 2.30. The van der Waals surface area contributed by atoms with Gasteiger partial charge in [-0.25, -0.2) is 0 Å². The maximum Gasteiger partial charge on any atom is 0.311 e. The zero-order valence-corrected chi connectivity index (χ0v) is 9.04. The van der Waals surface area contributed by atoms with Crippen LogP contribution in [0, 0.1) is 5.41 Å². The summed E-state index contributed by atoms with van der Waals surface area (Å²) in [4.78, 5) is 11.6. The zero-order valence-electron chi connectivity index (χ0n) is 9.04. The first-order valence-electron chi connectivity index (χ1n) is 4.93. The second-order valence-electron chi connectivity index (χ2n) is 4.12.